The molecule has 0 saturated carbocycles. The molecule has 0 radical (unpaired) electrons. The summed E-state index contributed by atoms with van der Waals surface area (Å²) in [5.74, 6) is 0.365. The summed E-state index contributed by atoms with van der Waals surface area (Å²) in [6.07, 6.45) is 4.61. The number of carboxylic acid groups (broad SMARTS) is 1. The fraction of sp³-hybridized carbons (Fsp3) is 0.326. The molecular formula is C46H49ClN4O7. The number of carbonyl (C=O) groups is 1. The number of β-amino-alcohol motifs (C(OH)–C–C–N with tert-alkyl or cyclic N) is 1. The smallest absolute Gasteiger partial charge is 0.326 e. The van der Waals surface area contributed by atoms with Crippen LogP contribution in [0.4, 0.5) is 0 Å². The molecule has 1 saturated heterocycles. The van der Waals surface area contributed by atoms with Crippen molar-refractivity contribution in [3.8, 4) is 34.4 Å². The van der Waals surface area contributed by atoms with Gasteiger partial charge in [0.25, 0.3) is 0 Å². The van der Waals surface area contributed by atoms with Crippen LogP contribution in [0.2, 0.25) is 5.02 Å². The number of hydrogen-bond donors (Lipinski definition) is 4. The zero-order valence-corrected chi connectivity index (χ0v) is 33.8. The van der Waals surface area contributed by atoms with Gasteiger partial charge in [-0.15, -0.1) is 0 Å². The highest BCUT2D eigenvalue weighted by molar-refractivity contribution is 6.32. The highest BCUT2D eigenvalue weighted by Crippen LogP contribution is 2.37. The molecule has 2 unspecified atom stereocenters. The second-order valence-corrected chi connectivity index (χ2v) is 15.4. The van der Waals surface area contributed by atoms with Gasteiger partial charge in [0.1, 0.15) is 47.7 Å². The van der Waals surface area contributed by atoms with Crippen molar-refractivity contribution in [2.75, 3.05) is 32.8 Å². The fourth-order valence-corrected chi connectivity index (χ4v) is 7.34. The Morgan fingerprint density at radius 1 is 0.931 bits per heavy atom. The van der Waals surface area contributed by atoms with Gasteiger partial charge >= 0.3 is 5.97 Å². The first kappa shape index (κ1) is 42.1. The zero-order chi connectivity index (χ0) is 41.3. The van der Waals surface area contributed by atoms with Crippen LogP contribution in [0.15, 0.2) is 97.3 Å². The third-order valence-electron chi connectivity index (χ3n) is 10.8. The molecule has 2 heterocycles. The number of hydrogen-bond acceptors (Lipinski definition) is 10. The summed E-state index contributed by atoms with van der Waals surface area (Å²) in [4.78, 5) is 18.3. The van der Waals surface area contributed by atoms with Crippen LogP contribution < -0.4 is 19.5 Å². The van der Waals surface area contributed by atoms with E-state index in [1.54, 1.807) is 24.4 Å². The van der Waals surface area contributed by atoms with Gasteiger partial charge in [0, 0.05) is 55.8 Å². The van der Waals surface area contributed by atoms with Gasteiger partial charge < -0.3 is 29.5 Å². The number of aliphatic hydroxyl groups excluding tert-OH is 1. The van der Waals surface area contributed by atoms with Crippen molar-refractivity contribution < 1.29 is 34.3 Å². The molecular weight excluding hydrogens is 756 g/mol. The molecule has 4 aromatic carbocycles. The second-order valence-electron chi connectivity index (χ2n) is 15.0. The third-order valence-corrected chi connectivity index (χ3v) is 11.1. The molecule has 1 aliphatic heterocycles. The number of benzene rings is 4. The maximum atomic E-state index is 11.8. The quantitative estimate of drug-likeness (QED) is 0.0658. The molecule has 302 valence electrons. The highest BCUT2D eigenvalue weighted by Gasteiger charge is 2.37. The lowest BCUT2D eigenvalue weighted by Gasteiger charge is -2.25. The summed E-state index contributed by atoms with van der Waals surface area (Å²) < 4.78 is 18.8. The number of likely N-dealkylation sites (tertiary alicyclic amines) is 1. The van der Waals surface area contributed by atoms with Crippen molar-refractivity contribution in [1.82, 2.24) is 15.2 Å². The summed E-state index contributed by atoms with van der Waals surface area (Å²) in [5, 5.41) is 43.2. The zero-order valence-electron chi connectivity index (χ0n) is 33.0. The van der Waals surface area contributed by atoms with Crippen molar-refractivity contribution in [3.63, 3.8) is 0 Å². The van der Waals surface area contributed by atoms with Crippen LogP contribution >= 0.6 is 11.6 Å². The first-order valence-corrected chi connectivity index (χ1v) is 19.6. The Hall–Kier alpha value is -5.48. The van der Waals surface area contributed by atoms with Crippen LogP contribution in [-0.4, -0.2) is 69.6 Å². The Balaban J connectivity index is 1.13. The van der Waals surface area contributed by atoms with Gasteiger partial charge in [0.2, 0.25) is 0 Å². The summed E-state index contributed by atoms with van der Waals surface area (Å²) in [6, 6.07) is 29.1. The Labute approximate surface area is 344 Å². The van der Waals surface area contributed by atoms with E-state index in [1.165, 1.54) is 13.1 Å². The van der Waals surface area contributed by atoms with Crippen molar-refractivity contribution in [2.24, 2.45) is 0 Å². The largest absolute Gasteiger partial charge is 0.493 e. The normalized spacial score (nSPS) is 16.4. The van der Waals surface area contributed by atoms with Crippen LogP contribution in [0.25, 0.3) is 11.1 Å². The number of aromatic nitrogens is 1. The molecule has 58 heavy (non-hydrogen) atoms. The molecule has 0 aliphatic carbocycles. The number of aliphatic hydroxyl groups is 2. The van der Waals surface area contributed by atoms with Gasteiger partial charge in [0.15, 0.2) is 0 Å². The summed E-state index contributed by atoms with van der Waals surface area (Å²) in [6.45, 7) is 8.05. The van der Waals surface area contributed by atoms with Crippen molar-refractivity contribution in [3.05, 3.63) is 141 Å². The van der Waals surface area contributed by atoms with E-state index < -0.39 is 23.7 Å². The average molecular weight is 805 g/mol. The molecule has 6 rings (SSSR count). The standard InChI is InChI=1S/C46H49ClN4O7/c1-31-35(28-58-43-22-42(57-27-34-20-33(23-48)24-49-25-34)36(21-40(43)47)26-50-45(3,30-52)44(53)54)10-7-13-38(31)39-14-8-15-41(32(39)2)56-19-9-17-51-18-16-46(55,29-51)37-11-5-4-6-12-37/h4-8,10-15,20-22,24-25,50,52,55H,9,16-19,26-30H2,1-3H3,(H,53,54). The maximum Gasteiger partial charge on any atom is 0.326 e. The average Bonchev–Trinajstić information content (AvgIpc) is 3.63. The van der Waals surface area contributed by atoms with Gasteiger partial charge in [-0.05, 0) is 85.2 Å². The van der Waals surface area contributed by atoms with E-state index in [-0.39, 0.29) is 19.8 Å². The minimum Gasteiger partial charge on any atom is -0.493 e. The van der Waals surface area contributed by atoms with Crippen LogP contribution in [0, 0.1) is 25.2 Å². The molecule has 1 aromatic heterocycles. The van der Waals surface area contributed by atoms with E-state index in [0.29, 0.717) is 46.4 Å². The third kappa shape index (κ3) is 9.96. The minimum atomic E-state index is -1.59. The Morgan fingerprint density at radius 3 is 2.41 bits per heavy atom. The topological polar surface area (TPSA) is 157 Å². The molecule has 2 atom stereocenters. The van der Waals surface area contributed by atoms with Crippen LogP contribution in [0.5, 0.6) is 17.2 Å². The summed E-state index contributed by atoms with van der Waals surface area (Å²) in [7, 11) is 0. The number of pyridine rings is 1. The van der Waals surface area contributed by atoms with Crippen LogP contribution in [0.1, 0.15) is 58.7 Å². The van der Waals surface area contributed by atoms with Gasteiger partial charge in [-0.25, -0.2) is 0 Å². The van der Waals surface area contributed by atoms with E-state index in [4.69, 9.17) is 25.8 Å². The van der Waals surface area contributed by atoms with Crippen molar-refractivity contribution in [2.45, 2.75) is 64.5 Å². The predicted molar refractivity (Wildman–Crippen MR) is 222 cm³/mol. The highest BCUT2D eigenvalue weighted by atomic mass is 35.5. The number of nitrogens with zero attached hydrogens (tertiary/aromatic N) is 3. The SMILES string of the molecule is Cc1c(COc2cc(OCc3cncc(C#N)c3)c(CNC(C)(CO)C(=O)O)cc2Cl)cccc1-c1cccc(OCCCN2CCC(O)(c3ccccc3)C2)c1C. The maximum absolute atomic E-state index is 11.8. The van der Waals surface area contributed by atoms with Gasteiger partial charge in [-0.1, -0.05) is 72.3 Å². The monoisotopic (exact) mass is 804 g/mol. The van der Waals surface area contributed by atoms with Crippen molar-refractivity contribution in [1.29, 1.82) is 5.26 Å². The fourth-order valence-electron chi connectivity index (χ4n) is 7.10. The van der Waals surface area contributed by atoms with Crippen LogP contribution in [0.3, 0.4) is 0 Å². The van der Waals surface area contributed by atoms with Gasteiger partial charge in [-0.3, -0.25) is 20.0 Å². The Kier molecular flexibility index (Phi) is 13.7. The van der Waals surface area contributed by atoms with E-state index in [0.717, 1.165) is 65.1 Å². The Morgan fingerprint density at radius 2 is 1.67 bits per heavy atom. The lowest BCUT2D eigenvalue weighted by Crippen LogP contribution is -2.52. The predicted octanol–water partition coefficient (Wildman–Crippen LogP) is 7.34. The molecule has 0 spiro atoms. The van der Waals surface area contributed by atoms with Crippen molar-refractivity contribution >= 4 is 17.6 Å². The molecule has 1 fully saturated rings. The molecule has 11 nitrogen and oxygen atoms in total. The van der Waals surface area contributed by atoms with E-state index in [2.05, 4.69) is 47.3 Å². The van der Waals surface area contributed by atoms with E-state index >= 15 is 0 Å². The summed E-state index contributed by atoms with van der Waals surface area (Å²) >= 11 is 6.76. The lowest BCUT2D eigenvalue weighted by atomic mass is 9.93. The molecule has 4 N–H and O–H groups in total. The molecule has 0 bridgehead atoms. The Bertz CT molecular complexity index is 2270. The van der Waals surface area contributed by atoms with E-state index in [1.807, 2.05) is 54.6 Å². The molecule has 1 aliphatic rings. The number of rotatable bonds is 18. The number of nitrogens with one attached hydrogen (secondary N) is 1. The first-order valence-electron chi connectivity index (χ1n) is 19.3. The number of halogens is 1. The van der Waals surface area contributed by atoms with Gasteiger partial charge in [0.05, 0.1) is 23.8 Å². The minimum absolute atomic E-state index is 0.0238. The van der Waals surface area contributed by atoms with Crippen LogP contribution in [-0.2, 0) is 30.2 Å². The molecule has 5 aromatic rings. The number of carboxylic acids is 1. The number of nitriles is 1. The summed E-state index contributed by atoms with van der Waals surface area (Å²) in [5.41, 5.74) is 5.30. The first-order chi connectivity index (χ1) is 27.9. The van der Waals surface area contributed by atoms with E-state index in [9.17, 15) is 25.4 Å². The number of aliphatic carboxylic acids is 1. The number of ether oxygens (including phenoxy) is 3. The molecule has 12 heteroatoms. The lowest BCUT2D eigenvalue weighted by molar-refractivity contribution is -0.145. The second kappa shape index (κ2) is 18.9. The van der Waals surface area contributed by atoms with Gasteiger partial charge in [-0.2, -0.15) is 5.26 Å². The molecule has 0 amide bonds.